The number of allylic oxidation sites excluding steroid dienone is 2. The van der Waals surface area contributed by atoms with Gasteiger partial charge in [0.2, 0.25) is 5.70 Å². The maximum absolute atomic E-state index is 13.0. The van der Waals surface area contributed by atoms with Crippen molar-refractivity contribution >= 4 is 23.8 Å². The molecule has 8 nitrogen and oxygen atoms in total. The number of nitrogens with zero attached hydrogens (tertiary/aromatic N) is 4. The molecule has 1 saturated heterocycles. The van der Waals surface area contributed by atoms with Crippen LogP contribution in [0.1, 0.15) is 48.2 Å². The van der Waals surface area contributed by atoms with Gasteiger partial charge in [-0.1, -0.05) is 0 Å². The first-order chi connectivity index (χ1) is 17.5. The summed E-state index contributed by atoms with van der Waals surface area (Å²) in [6, 6.07) is 8.21. The molecular formula is C26H26F3N6O2+. The van der Waals surface area contributed by atoms with Crippen molar-refractivity contribution in [2.75, 3.05) is 11.9 Å². The van der Waals surface area contributed by atoms with E-state index in [1.807, 2.05) is 0 Å². The number of halogens is 3. The Morgan fingerprint density at radius 2 is 1.97 bits per heavy atom. The maximum atomic E-state index is 13.0. The lowest BCUT2D eigenvalue weighted by Crippen LogP contribution is -2.53. The van der Waals surface area contributed by atoms with Crippen LogP contribution in [0.15, 0.2) is 76.4 Å². The molecule has 3 aliphatic rings. The third kappa shape index (κ3) is 4.85. The number of amides is 1. The van der Waals surface area contributed by atoms with Crippen molar-refractivity contribution in [1.82, 2.24) is 4.98 Å². The zero-order chi connectivity index (χ0) is 26.4. The van der Waals surface area contributed by atoms with E-state index in [0.29, 0.717) is 18.0 Å². The largest absolute Gasteiger partial charge is 0.416 e. The number of aromatic nitrogens is 1. The highest BCUT2D eigenvalue weighted by Crippen LogP contribution is 2.41. The molecule has 0 aliphatic carbocycles. The van der Waals surface area contributed by atoms with E-state index >= 15 is 0 Å². The molecule has 0 spiro atoms. The SMILES string of the molecule is CC1(C)CC(C2=C3C=NC=C[N+]3(N)C(c3ccc(C(=O)Nc4cc(C(F)(F)F)ccn4)cc3)=N2)CCO1. The van der Waals surface area contributed by atoms with E-state index in [2.05, 4.69) is 29.1 Å². The van der Waals surface area contributed by atoms with Crippen LogP contribution in [0.4, 0.5) is 19.0 Å². The summed E-state index contributed by atoms with van der Waals surface area (Å²) in [6.07, 6.45) is 3.19. The number of hydrogen-bond donors (Lipinski definition) is 2. The quantitative estimate of drug-likeness (QED) is 0.456. The number of rotatable bonds is 4. The zero-order valence-corrected chi connectivity index (χ0v) is 20.3. The minimum absolute atomic E-state index is 0.143. The number of benzene rings is 1. The maximum Gasteiger partial charge on any atom is 0.416 e. The summed E-state index contributed by atoms with van der Waals surface area (Å²) in [6.45, 7) is 4.74. The molecule has 3 aliphatic heterocycles. The molecule has 2 unspecified atom stereocenters. The van der Waals surface area contributed by atoms with Crippen molar-refractivity contribution in [2.24, 2.45) is 21.7 Å². The number of pyridine rings is 1. The van der Waals surface area contributed by atoms with Gasteiger partial charge in [-0.15, -0.1) is 4.59 Å². The Hall–Kier alpha value is -3.67. The minimum Gasteiger partial charge on any atom is -0.376 e. The van der Waals surface area contributed by atoms with Crippen LogP contribution in [0.3, 0.4) is 0 Å². The average molecular weight is 512 g/mol. The number of fused-ring (bicyclic) bond motifs is 1. The predicted octanol–water partition coefficient (Wildman–Crippen LogP) is 4.78. The molecule has 3 N–H and O–H groups in total. The molecule has 0 bridgehead atoms. The van der Waals surface area contributed by atoms with E-state index in [0.717, 1.165) is 42.6 Å². The molecule has 1 aromatic carbocycles. The lowest BCUT2D eigenvalue weighted by atomic mass is 9.85. The first kappa shape index (κ1) is 25.0. The Bertz CT molecular complexity index is 1360. The third-order valence-corrected chi connectivity index (χ3v) is 6.64. The van der Waals surface area contributed by atoms with Gasteiger partial charge in [-0.3, -0.25) is 9.79 Å². The normalized spacial score (nSPS) is 24.6. The van der Waals surface area contributed by atoms with Gasteiger partial charge in [0.1, 0.15) is 17.7 Å². The highest BCUT2D eigenvalue weighted by molar-refractivity contribution is 6.05. The van der Waals surface area contributed by atoms with Gasteiger partial charge in [-0.05, 0) is 63.1 Å². The van der Waals surface area contributed by atoms with Crippen molar-refractivity contribution in [1.29, 1.82) is 0 Å². The van der Waals surface area contributed by atoms with Gasteiger partial charge in [0.25, 0.3) is 11.7 Å². The van der Waals surface area contributed by atoms with Crippen molar-refractivity contribution in [2.45, 2.75) is 38.5 Å². The number of carbonyl (C=O) groups is 1. The summed E-state index contributed by atoms with van der Waals surface area (Å²) in [5.41, 5.74) is 1.45. The monoisotopic (exact) mass is 511 g/mol. The van der Waals surface area contributed by atoms with E-state index in [4.69, 9.17) is 15.6 Å². The first-order valence-electron chi connectivity index (χ1n) is 11.8. The van der Waals surface area contributed by atoms with Crippen LogP contribution in [-0.2, 0) is 10.9 Å². The third-order valence-electron chi connectivity index (χ3n) is 6.64. The van der Waals surface area contributed by atoms with Crippen LogP contribution in [-0.4, -0.2) is 39.7 Å². The fraction of sp³-hybridized carbons (Fsp3) is 0.308. The number of aliphatic imine (C=N–C) groups is 2. The number of quaternary nitrogens is 1. The predicted molar refractivity (Wildman–Crippen MR) is 132 cm³/mol. The van der Waals surface area contributed by atoms with Crippen LogP contribution < -0.4 is 11.2 Å². The summed E-state index contributed by atoms with van der Waals surface area (Å²) in [4.78, 5) is 25.7. The summed E-state index contributed by atoms with van der Waals surface area (Å²) in [5.74, 6) is 6.78. The van der Waals surface area contributed by atoms with Crippen LogP contribution >= 0.6 is 0 Å². The van der Waals surface area contributed by atoms with E-state index in [-0.39, 0.29) is 27.5 Å². The van der Waals surface area contributed by atoms with Gasteiger partial charge in [0.05, 0.1) is 29.1 Å². The van der Waals surface area contributed by atoms with Crippen LogP contribution in [0.2, 0.25) is 0 Å². The summed E-state index contributed by atoms with van der Waals surface area (Å²) in [7, 11) is 0. The number of nitrogens with two attached hydrogens (primary N) is 1. The first-order valence-corrected chi connectivity index (χ1v) is 11.8. The Labute approximate surface area is 211 Å². The molecule has 11 heteroatoms. The molecule has 192 valence electrons. The fourth-order valence-corrected chi connectivity index (χ4v) is 4.81. The van der Waals surface area contributed by atoms with Gasteiger partial charge in [-0.25, -0.2) is 4.98 Å². The summed E-state index contributed by atoms with van der Waals surface area (Å²) >= 11 is 0. The molecule has 37 heavy (non-hydrogen) atoms. The molecule has 2 aromatic rings. The van der Waals surface area contributed by atoms with Crippen molar-refractivity contribution in [3.8, 4) is 0 Å². The standard InChI is InChI=1S/C26H25F3N6O2/c1-25(2)14-18(8-12-37-25)22-20-15-31-10-11-35(20,30)23(34-22)16-3-5-17(6-4-16)24(36)33-21-13-19(7-9-32-21)26(27,28)29/h3-7,9-11,13,15,18H,8,12,14,30H2,1-2H3/p+1. The smallest absolute Gasteiger partial charge is 0.376 e. The molecule has 2 atom stereocenters. The van der Waals surface area contributed by atoms with E-state index in [1.165, 1.54) is 0 Å². The zero-order valence-electron chi connectivity index (χ0n) is 20.3. The number of nitrogens with one attached hydrogen (secondary N) is 1. The second-order valence-electron chi connectivity index (χ2n) is 9.82. The molecular weight excluding hydrogens is 485 g/mol. The van der Waals surface area contributed by atoms with Crippen molar-refractivity contribution in [3.05, 3.63) is 83.1 Å². The summed E-state index contributed by atoms with van der Waals surface area (Å²) in [5, 5.41) is 2.41. The summed E-state index contributed by atoms with van der Waals surface area (Å²) < 4.78 is 44.6. The Morgan fingerprint density at radius 1 is 1.22 bits per heavy atom. The lowest BCUT2D eigenvalue weighted by Gasteiger charge is -2.35. The molecule has 5 rings (SSSR count). The molecule has 1 amide bonds. The Kier molecular flexibility index (Phi) is 6.09. The van der Waals surface area contributed by atoms with E-state index in [1.54, 1.807) is 42.9 Å². The number of amidine groups is 1. The van der Waals surface area contributed by atoms with Gasteiger partial charge in [-0.2, -0.15) is 24.0 Å². The Balaban J connectivity index is 1.39. The van der Waals surface area contributed by atoms with Crippen LogP contribution in [0.5, 0.6) is 0 Å². The molecule has 4 heterocycles. The van der Waals surface area contributed by atoms with Gasteiger partial charge >= 0.3 is 6.18 Å². The highest BCUT2D eigenvalue weighted by Gasteiger charge is 2.47. The topological polar surface area (TPSA) is 102 Å². The second-order valence-corrected chi connectivity index (χ2v) is 9.82. The van der Waals surface area contributed by atoms with Gasteiger partial charge in [0.15, 0.2) is 0 Å². The molecule has 1 fully saturated rings. The highest BCUT2D eigenvalue weighted by atomic mass is 19.4. The fourth-order valence-electron chi connectivity index (χ4n) is 4.81. The Morgan fingerprint density at radius 3 is 2.68 bits per heavy atom. The number of alkyl halides is 3. The van der Waals surface area contributed by atoms with Gasteiger partial charge < -0.3 is 10.1 Å². The molecule has 0 radical (unpaired) electrons. The van der Waals surface area contributed by atoms with E-state index in [9.17, 15) is 18.0 Å². The minimum atomic E-state index is -4.53. The molecule has 1 aromatic heterocycles. The second kappa shape index (κ2) is 9.02. The van der Waals surface area contributed by atoms with Crippen molar-refractivity contribution in [3.63, 3.8) is 0 Å². The van der Waals surface area contributed by atoms with Gasteiger partial charge in [0, 0.05) is 24.3 Å². The lowest BCUT2D eigenvalue weighted by molar-refractivity contribution is -0.750. The molecule has 0 saturated carbocycles. The number of hydrogen-bond acceptors (Lipinski definition) is 6. The van der Waals surface area contributed by atoms with Crippen LogP contribution in [0, 0.1) is 5.92 Å². The number of anilines is 1. The van der Waals surface area contributed by atoms with Crippen molar-refractivity contribution < 1.29 is 27.3 Å². The van der Waals surface area contributed by atoms with Crippen LogP contribution in [0.25, 0.3) is 0 Å². The number of ether oxygens (including phenoxy) is 1. The number of carbonyl (C=O) groups excluding carboxylic acids is 1. The average Bonchev–Trinajstić information content (AvgIpc) is 3.16. The van der Waals surface area contributed by atoms with E-state index < -0.39 is 17.6 Å².